The molecule has 1 amide bonds. The predicted molar refractivity (Wildman–Crippen MR) is 107 cm³/mol. The number of aliphatic hydroxyl groups is 1. The monoisotopic (exact) mass is 388 g/mol. The van der Waals surface area contributed by atoms with Crippen LogP contribution in [0.1, 0.15) is 25.0 Å². The van der Waals surface area contributed by atoms with E-state index in [-0.39, 0.29) is 18.9 Å². The Bertz CT molecular complexity index is 889. The molecule has 0 heterocycles. The molecule has 0 aliphatic carbocycles. The quantitative estimate of drug-likeness (QED) is 0.648. The van der Waals surface area contributed by atoms with Crippen molar-refractivity contribution < 1.29 is 18.3 Å². The standard InChI is InChI=1S/C20H24N2O4S/c1-20(2,15-23)21-19(24)14-17-8-10-18(11-9-17)22-27(25,26)13-12-16-6-4-3-5-7-16/h3-13,22-23H,14-15H2,1-2H3,(H,21,24). The molecule has 0 atom stereocenters. The Morgan fingerprint density at radius 1 is 1.07 bits per heavy atom. The first kappa shape index (κ1) is 20.7. The molecule has 6 nitrogen and oxygen atoms in total. The lowest BCUT2D eigenvalue weighted by Crippen LogP contribution is -2.46. The molecule has 0 bridgehead atoms. The molecule has 0 spiro atoms. The number of hydrogen-bond acceptors (Lipinski definition) is 4. The third kappa shape index (κ3) is 7.24. The molecule has 7 heteroatoms. The minimum Gasteiger partial charge on any atom is -0.394 e. The molecule has 2 aromatic carbocycles. The van der Waals surface area contributed by atoms with E-state index in [0.717, 1.165) is 16.5 Å². The van der Waals surface area contributed by atoms with Gasteiger partial charge in [-0.2, -0.15) is 0 Å². The van der Waals surface area contributed by atoms with Crippen LogP contribution in [0.15, 0.2) is 60.0 Å². The lowest BCUT2D eigenvalue weighted by Gasteiger charge is -2.23. The molecule has 2 aromatic rings. The van der Waals surface area contributed by atoms with E-state index < -0.39 is 15.6 Å². The van der Waals surface area contributed by atoms with Crippen molar-refractivity contribution in [3.05, 3.63) is 71.1 Å². The Morgan fingerprint density at radius 2 is 1.70 bits per heavy atom. The van der Waals surface area contributed by atoms with Gasteiger partial charge in [-0.1, -0.05) is 42.5 Å². The molecule has 144 valence electrons. The summed E-state index contributed by atoms with van der Waals surface area (Å²) in [6, 6.07) is 15.7. The number of rotatable bonds is 8. The number of nitrogens with one attached hydrogen (secondary N) is 2. The van der Waals surface area contributed by atoms with Gasteiger partial charge in [0.1, 0.15) is 0 Å². The third-order valence-corrected chi connectivity index (χ3v) is 4.71. The van der Waals surface area contributed by atoms with Gasteiger partial charge in [-0.3, -0.25) is 9.52 Å². The molecule has 0 aliphatic heterocycles. The van der Waals surface area contributed by atoms with Crippen LogP contribution in [0.4, 0.5) is 5.69 Å². The van der Waals surface area contributed by atoms with E-state index in [9.17, 15) is 18.3 Å². The Kier molecular flexibility index (Phi) is 6.76. The van der Waals surface area contributed by atoms with E-state index >= 15 is 0 Å². The van der Waals surface area contributed by atoms with Crippen LogP contribution in [0.5, 0.6) is 0 Å². The Labute approximate surface area is 160 Å². The van der Waals surface area contributed by atoms with Gasteiger partial charge in [-0.05, 0) is 43.2 Å². The van der Waals surface area contributed by atoms with Crippen molar-refractivity contribution in [3.8, 4) is 0 Å². The molecule has 0 fully saturated rings. The van der Waals surface area contributed by atoms with Crippen molar-refractivity contribution in [1.29, 1.82) is 0 Å². The zero-order valence-electron chi connectivity index (χ0n) is 15.3. The fraction of sp³-hybridized carbons (Fsp3) is 0.250. The Balaban J connectivity index is 1.96. The summed E-state index contributed by atoms with van der Waals surface area (Å²) in [5.41, 5.74) is 1.25. The highest BCUT2D eigenvalue weighted by atomic mass is 32.2. The van der Waals surface area contributed by atoms with Gasteiger partial charge in [0.15, 0.2) is 0 Å². The van der Waals surface area contributed by atoms with Crippen LogP contribution in [0.3, 0.4) is 0 Å². The van der Waals surface area contributed by atoms with Gasteiger partial charge in [0.25, 0.3) is 10.0 Å². The van der Waals surface area contributed by atoms with Crippen LogP contribution in [0.2, 0.25) is 0 Å². The zero-order valence-corrected chi connectivity index (χ0v) is 16.2. The van der Waals surface area contributed by atoms with E-state index in [1.54, 1.807) is 38.1 Å². The summed E-state index contributed by atoms with van der Waals surface area (Å²) in [7, 11) is -3.63. The average molecular weight is 388 g/mol. The number of hydrogen-bond donors (Lipinski definition) is 3. The van der Waals surface area contributed by atoms with Crippen molar-refractivity contribution in [1.82, 2.24) is 5.32 Å². The number of carbonyl (C=O) groups is 1. The summed E-state index contributed by atoms with van der Waals surface area (Å²) in [6.45, 7) is 3.30. The van der Waals surface area contributed by atoms with Crippen LogP contribution >= 0.6 is 0 Å². The van der Waals surface area contributed by atoms with Crippen molar-refractivity contribution >= 4 is 27.7 Å². The molecule has 0 aromatic heterocycles. The highest BCUT2D eigenvalue weighted by Crippen LogP contribution is 2.14. The lowest BCUT2D eigenvalue weighted by atomic mass is 10.1. The summed E-state index contributed by atoms with van der Waals surface area (Å²) < 4.78 is 26.7. The van der Waals surface area contributed by atoms with Crippen molar-refractivity contribution in [2.75, 3.05) is 11.3 Å². The largest absolute Gasteiger partial charge is 0.394 e. The molecule has 0 aliphatic rings. The minimum atomic E-state index is -3.63. The van der Waals surface area contributed by atoms with Gasteiger partial charge < -0.3 is 10.4 Å². The maximum absolute atomic E-state index is 12.1. The maximum atomic E-state index is 12.1. The van der Waals surface area contributed by atoms with Gasteiger partial charge in [0.2, 0.25) is 5.91 Å². The second-order valence-electron chi connectivity index (χ2n) is 6.82. The van der Waals surface area contributed by atoms with E-state index in [2.05, 4.69) is 10.0 Å². The number of carbonyl (C=O) groups excluding carboxylic acids is 1. The normalized spacial score (nSPS) is 12.1. The molecule has 27 heavy (non-hydrogen) atoms. The second-order valence-corrected chi connectivity index (χ2v) is 8.39. The SMILES string of the molecule is CC(C)(CO)NC(=O)Cc1ccc(NS(=O)(=O)C=Cc2ccccc2)cc1. The molecule has 0 saturated heterocycles. The third-order valence-electron chi connectivity index (χ3n) is 3.69. The average Bonchev–Trinajstić information content (AvgIpc) is 2.62. The predicted octanol–water partition coefficient (Wildman–Crippen LogP) is 2.53. The molecule has 2 rings (SSSR count). The van der Waals surface area contributed by atoms with Crippen molar-refractivity contribution in [2.24, 2.45) is 0 Å². The Morgan fingerprint density at radius 3 is 2.30 bits per heavy atom. The number of benzene rings is 2. The fourth-order valence-corrected chi connectivity index (χ4v) is 3.14. The molecule has 3 N–H and O–H groups in total. The lowest BCUT2D eigenvalue weighted by molar-refractivity contribution is -0.122. The fourth-order valence-electron chi connectivity index (χ4n) is 2.27. The molecular formula is C20H24N2O4S. The zero-order chi connectivity index (χ0) is 19.9. The summed E-state index contributed by atoms with van der Waals surface area (Å²) in [5, 5.41) is 13.0. The molecule has 0 unspecified atom stereocenters. The molecule has 0 saturated carbocycles. The van der Waals surface area contributed by atoms with Crippen molar-refractivity contribution in [2.45, 2.75) is 25.8 Å². The summed E-state index contributed by atoms with van der Waals surface area (Å²) >= 11 is 0. The first-order chi connectivity index (χ1) is 12.7. The van der Waals surface area contributed by atoms with Crippen LogP contribution in [0, 0.1) is 0 Å². The summed E-state index contributed by atoms with van der Waals surface area (Å²) in [5.74, 6) is -0.215. The van der Waals surface area contributed by atoms with Crippen LogP contribution in [-0.4, -0.2) is 31.6 Å². The highest BCUT2D eigenvalue weighted by molar-refractivity contribution is 7.95. The van der Waals surface area contributed by atoms with Gasteiger partial charge in [-0.15, -0.1) is 0 Å². The van der Waals surface area contributed by atoms with E-state index in [0.29, 0.717) is 5.69 Å². The summed E-state index contributed by atoms with van der Waals surface area (Å²) in [6.07, 6.45) is 1.66. The Hall–Kier alpha value is -2.64. The molecular weight excluding hydrogens is 364 g/mol. The van der Waals surface area contributed by atoms with Crippen LogP contribution in [-0.2, 0) is 21.2 Å². The van der Waals surface area contributed by atoms with E-state index in [4.69, 9.17) is 0 Å². The number of sulfonamides is 1. The van der Waals surface area contributed by atoms with Crippen molar-refractivity contribution in [3.63, 3.8) is 0 Å². The van der Waals surface area contributed by atoms with Crippen LogP contribution < -0.4 is 10.0 Å². The van der Waals surface area contributed by atoms with Crippen LogP contribution in [0.25, 0.3) is 6.08 Å². The van der Waals surface area contributed by atoms with Gasteiger partial charge in [0, 0.05) is 5.69 Å². The number of anilines is 1. The van der Waals surface area contributed by atoms with Gasteiger partial charge >= 0.3 is 0 Å². The first-order valence-corrected chi connectivity index (χ1v) is 10.0. The second kappa shape index (κ2) is 8.83. The van der Waals surface area contributed by atoms with Gasteiger partial charge in [-0.25, -0.2) is 8.42 Å². The minimum absolute atomic E-state index is 0.143. The molecule has 0 radical (unpaired) electrons. The van der Waals surface area contributed by atoms with E-state index in [1.165, 1.54) is 6.08 Å². The number of amides is 1. The van der Waals surface area contributed by atoms with Gasteiger partial charge in [0.05, 0.1) is 24.0 Å². The highest BCUT2D eigenvalue weighted by Gasteiger charge is 2.19. The summed E-state index contributed by atoms with van der Waals surface area (Å²) in [4.78, 5) is 12.0. The maximum Gasteiger partial charge on any atom is 0.255 e. The van der Waals surface area contributed by atoms with E-state index in [1.807, 2.05) is 30.3 Å². The number of aliphatic hydroxyl groups excluding tert-OH is 1. The smallest absolute Gasteiger partial charge is 0.255 e. The first-order valence-electron chi connectivity index (χ1n) is 8.46. The topological polar surface area (TPSA) is 95.5 Å².